The lowest BCUT2D eigenvalue weighted by atomic mass is 9.88. The topological polar surface area (TPSA) is 106 Å². The first kappa shape index (κ1) is 32.2. The van der Waals surface area contributed by atoms with Crippen LogP contribution in [0.3, 0.4) is 0 Å². The number of nitriles is 1. The molecule has 2 aliphatic heterocycles. The van der Waals surface area contributed by atoms with E-state index >= 15 is 0 Å². The molecular formula is C35H39ClN6O3. The molecule has 0 unspecified atom stereocenters. The Balaban J connectivity index is 0.00000128. The predicted molar refractivity (Wildman–Crippen MR) is 178 cm³/mol. The fourth-order valence-electron chi connectivity index (χ4n) is 6.56. The van der Waals surface area contributed by atoms with Crippen molar-refractivity contribution in [1.82, 2.24) is 19.8 Å². The van der Waals surface area contributed by atoms with E-state index in [0.717, 1.165) is 83.9 Å². The molecule has 0 amide bonds. The Bertz CT molecular complexity index is 1650. The van der Waals surface area contributed by atoms with Crippen LogP contribution in [0.15, 0.2) is 36.4 Å². The second kappa shape index (κ2) is 15.2. The Labute approximate surface area is 270 Å². The molecular weight excluding hydrogens is 588 g/mol. The Hall–Kier alpha value is -4.15. The van der Waals surface area contributed by atoms with Crippen molar-refractivity contribution < 1.29 is 14.6 Å². The molecule has 1 N–H and O–H groups in total. The zero-order valence-electron chi connectivity index (χ0n) is 25.9. The number of piperazine rings is 1. The molecule has 9 nitrogen and oxygen atoms in total. The maximum atomic E-state index is 9.58. The van der Waals surface area contributed by atoms with E-state index in [1.54, 1.807) is 0 Å². The third-order valence-electron chi connectivity index (χ3n) is 8.92. The Kier molecular flexibility index (Phi) is 10.9. The summed E-state index contributed by atoms with van der Waals surface area (Å²) >= 11 is 6.71. The number of likely N-dealkylation sites (tertiary alicyclic amines) is 1. The molecule has 0 spiro atoms. The SMILES string of the molecule is CC#CCN1CCN(c2nc(OC[C@@H]3CCCN3C)nc3c2CCC(c2cccc4cccc(Cl)c24)=C3)C[C@@H]1CC#N.O=CO. The highest BCUT2D eigenvalue weighted by Gasteiger charge is 2.31. The van der Waals surface area contributed by atoms with Gasteiger partial charge in [0.1, 0.15) is 12.4 Å². The molecule has 45 heavy (non-hydrogen) atoms. The number of hydrogen-bond acceptors (Lipinski definition) is 8. The van der Waals surface area contributed by atoms with Crippen molar-refractivity contribution in [1.29, 1.82) is 5.26 Å². The van der Waals surface area contributed by atoms with Gasteiger partial charge in [0.15, 0.2) is 0 Å². The summed E-state index contributed by atoms with van der Waals surface area (Å²) in [6.45, 7) is 6.34. The minimum atomic E-state index is -0.250. The maximum Gasteiger partial charge on any atom is 0.318 e. The fraction of sp³-hybridized carbons (Fsp3) is 0.429. The predicted octanol–water partition coefficient (Wildman–Crippen LogP) is 5.37. The molecule has 3 aliphatic rings. The molecule has 3 aromatic rings. The van der Waals surface area contributed by atoms with Crippen LogP contribution in [0.25, 0.3) is 22.4 Å². The molecule has 0 radical (unpaired) electrons. The first-order valence-corrected chi connectivity index (χ1v) is 15.8. The number of likely N-dealkylation sites (N-methyl/N-ethyl adjacent to an activating group) is 1. The van der Waals surface area contributed by atoms with Crippen molar-refractivity contribution in [2.24, 2.45) is 0 Å². The Morgan fingerprint density at radius 3 is 2.67 bits per heavy atom. The second-order valence-corrected chi connectivity index (χ2v) is 12.0. The number of aromatic nitrogens is 2. The molecule has 6 rings (SSSR count). The number of carbonyl (C=O) groups is 1. The van der Waals surface area contributed by atoms with Gasteiger partial charge in [0.2, 0.25) is 0 Å². The van der Waals surface area contributed by atoms with E-state index in [1.807, 2.05) is 19.1 Å². The quantitative estimate of drug-likeness (QED) is 0.274. The lowest BCUT2D eigenvalue weighted by Crippen LogP contribution is -2.53. The molecule has 234 valence electrons. The van der Waals surface area contributed by atoms with Gasteiger partial charge in [0, 0.05) is 47.7 Å². The van der Waals surface area contributed by atoms with E-state index in [1.165, 1.54) is 12.0 Å². The number of benzene rings is 2. The van der Waals surface area contributed by atoms with Gasteiger partial charge in [-0.05, 0) is 74.9 Å². The highest BCUT2D eigenvalue weighted by molar-refractivity contribution is 6.36. The van der Waals surface area contributed by atoms with Crippen LogP contribution in [0.5, 0.6) is 6.01 Å². The van der Waals surface area contributed by atoms with Crippen molar-refractivity contribution in [3.8, 4) is 23.9 Å². The lowest BCUT2D eigenvalue weighted by molar-refractivity contribution is -0.122. The summed E-state index contributed by atoms with van der Waals surface area (Å²) in [6, 6.07) is 15.7. The molecule has 2 saturated heterocycles. The van der Waals surface area contributed by atoms with E-state index in [4.69, 9.17) is 36.2 Å². The Morgan fingerprint density at radius 1 is 1.13 bits per heavy atom. The lowest BCUT2D eigenvalue weighted by Gasteiger charge is -2.41. The number of fused-ring (bicyclic) bond motifs is 2. The van der Waals surface area contributed by atoms with Gasteiger partial charge in [-0.15, -0.1) is 5.92 Å². The van der Waals surface area contributed by atoms with Gasteiger partial charge in [0.05, 0.1) is 24.7 Å². The zero-order chi connectivity index (χ0) is 31.8. The molecule has 2 atom stereocenters. The van der Waals surface area contributed by atoms with Crippen molar-refractivity contribution in [3.63, 3.8) is 0 Å². The molecule has 2 fully saturated rings. The molecule has 0 bridgehead atoms. The van der Waals surface area contributed by atoms with Crippen molar-refractivity contribution in [3.05, 3.63) is 58.2 Å². The van der Waals surface area contributed by atoms with Crippen LogP contribution < -0.4 is 9.64 Å². The summed E-state index contributed by atoms with van der Waals surface area (Å²) in [4.78, 5) is 25.4. The average molecular weight is 627 g/mol. The highest BCUT2D eigenvalue weighted by Crippen LogP contribution is 2.39. The van der Waals surface area contributed by atoms with Crippen molar-refractivity contribution in [2.75, 3.05) is 51.3 Å². The number of carboxylic acid groups (broad SMARTS) is 1. The van der Waals surface area contributed by atoms with Crippen LogP contribution >= 0.6 is 11.6 Å². The maximum absolute atomic E-state index is 9.58. The van der Waals surface area contributed by atoms with E-state index in [9.17, 15) is 5.26 Å². The van der Waals surface area contributed by atoms with Crippen LogP contribution in [0.2, 0.25) is 5.02 Å². The highest BCUT2D eigenvalue weighted by atomic mass is 35.5. The number of allylic oxidation sites excluding steroid dienone is 1. The van der Waals surface area contributed by atoms with E-state index in [2.05, 4.69) is 70.0 Å². The third-order valence-corrected chi connectivity index (χ3v) is 9.23. The number of halogens is 1. The first-order chi connectivity index (χ1) is 22.0. The molecule has 0 saturated carbocycles. The largest absolute Gasteiger partial charge is 0.483 e. The van der Waals surface area contributed by atoms with Crippen molar-refractivity contribution in [2.45, 2.75) is 51.1 Å². The van der Waals surface area contributed by atoms with Crippen LogP contribution in [0.4, 0.5) is 5.82 Å². The van der Waals surface area contributed by atoms with Crippen LogP contribution in [0.1, 0.15) is 49.4 Å². The minimum absolute atomic E-state index is 0.0965. The van der Waals surface area contributed by atoms with Gasteiger partial charge in [0.25, 0.3) is 6.47 Å². The normalized spacial score (nSPS) is 19.8. The summed E-state index contributed by atoms with van der Waals surface area (Å²) in [5.74, 6) is 7.12. The fourth-order valence-corrected chi connectivity index (χ4v) is 6.84. The van der Waals surface area contributed by atoms with E-state index in [0.29, 0.717) is 31.6 Å². The van der Waals surface area contributed by atoms with Crippen LogP contribution in [-0.4, -0.2) is 89.8 Å². The second-order valence-electron chi connectivity index (χ2n) is 11.6. The van der Waals surface area contributed by atoms with E-state index in [-0.39, 0.29) is 12.5 Å². The smallest absolute Gasteiger partial charge is 0.318 e. The molecule has 1 aromatic heterocycles. The summed E-state index contributed by atoms with van der Waals surface area (Å²) in [5, 5.41) is 19.4. The van der Waals surface area contributed by atoms with Gasteiger partial charge < -0.3 is 19.6 Å². The van der Waals surface area contributed by atoms with Gasteiger partial charge in [-0.3, -0.25) is 9.69 Å². The molecule has 1 aliphatic carbocycles. The zero-order valence-corrected chi connectivity index (χ0v) is 26.6. The molecule has 10 heteroatoms. The van der Waals surface area contributed by atoms with Gasteiger partial charge in [-0.25, -0.2) is 0 Å². The summed E-state index contributed by atoms with van der Waals surface area (Å²) in [5.41, 5.74) is 4.43. The summed E-state index contributed by atoms with van der Waals surface area (Å²) in [7, 11) is 2.15. The third kappa shape index (κ3) is 7.40. The summed E-state index contributed by atoms with van der Waals surface area (Å²) < 4.78 is 6.31. The standard InChI is InChI=1S/C34H37ClN6O.CH2O2/c1-3-4-18-40-19-20-41(22-26(40)15-16-36)33-29-14-13-25(28-11-5-8-24-9-6-12-30(35)32(24)28)21-31(29)37-34(38-33)42-23-27-10-7-17-39(27)2;2-1-3/h5-6,8-9,11-12,21,26-27H,7,10,13-15,17-20,22-23H2,1-2H3;1H,(H,2,3)/t26-,27-;/m0./s1. The molecule has 2 aromatic carbocycles. The summed E-state index contributed by atoms with van der Waals surface area (Å²) in [6.07, 6.45) is 6.67. The number of ether oxygens (including phenoxy) is 1. The van der Waals surface area contributed by atoms with Crippen LogP contribution in [0, 0.1) is 23.2 Å². The Morgan fingerprint density at radius 2 is 1.93 bits per heavy atom. The average Bonchev–Trinajstić information content (AvgIpc) is 3.47. The number of anilines is 1. The van der Waals surface area contributed by atoms with Gasteiger partial charge >= 0.3 is 6.01 Å². The van der Waals surface area contributed by atoms with Crippen LogP contribution in [-0.2, 0) is 11.2 Å². The van der Waals surface area contributed by atoms with Crippen molar-refractivity contribution >= 4 is 46.3 Å². The van der Waals surface area contributed by atoms with Gasteiger partial charge in [-0.1, -0.05) is 47.9 Å². The number of nitrogens with zero attached hydrogens (tertiary/aromatic N) is 6. The van der Waals surface area contributed by atoms with Gasteiger partial charge in [-0.2, -0.15) is 15.2 Å². The minimum Gasteiger partial charge on any atom is -0.483 e. The monoisotopic (exact) mass is 626 g/mol. The van der Waals surface area contributed by atoms with E-state index < -0.39 is 0 Å². The number of hydrogen-bond donors (Lipinski definition) is 1. The first-order valence-electron chi connectivity index (χ1n) is 15.4. The number of rotatable bonds is 7. The molecule has 3 heterocycles.